The number of hydrogen-bond acceptors (Lipinski definition) is 3. The average Bonchev–Trinajstić information content (AvgIpc) is 3.84. The normalized spacial score (nSPS) is 13.0. The van der Waals surface area contributed by atoms with Crippen molar-refractivity contribution in [2.45, 2.75) is 19.3 Å². The lowest BCUT2D eigenvalue weighted by Gasteiger charge is -2.32. The molecular formula is C51H39N5. The number of hydrogen-bond donors (Lipinski definition) is 2. The lowest BCUT2D eigenvalue weighted by atomic mass is 9.69. The standard InChI is InChI=1S/C51H39N5/c1-33-41(29-30-52)44(32-53)34(2)55(33)39-23-19-35(20-24-39)36-21-25-40(26-22-36)56-46-18-10-9-16-42(46)49-47(56)28-27-45-48(49)43-17-11-31-54-50(43)51(45,37-12-5-3-6-13-37)38-14-7-4-8-15-38/h3-32,53H,52H2,1-2H3/b30-29-,53-32?. The van der Waals surface area contributed by atoms with Crippen molar-refractivity contribution in [3.63, 3.8) is 0 Å². The zero-order chi connectivity index (χ0) is 38.0. The Balaban J connectivity index is 1.12. The monoisotopic (exact) mass is 721 g/mol. The SMILES string of the molecule is Cc1c(C=N)c(/C=C\N)c(C)n1-c1ccc(-c2ccc(-n3c4ccccc4c4c5c(ccc43)C(c3ccccc3)(c3ccccc3)c3ncccc3-5)cc2)cc1. The molecule has 10 rings (SSSR count). The van der Waals surface area contributed by atoms with Gasteiger partial charge in [-0.1, -0.05) is 115 Å². The fourth-order valence-electron chi connectivity index (χ4n) is 9.46. The summed E-state index contributed by atoms with van der Waals surface area (Å²) in [6.07, 6.45) is 6.76. The van der Waals surface area contributed by atoms with Gasteiger partial charge >= 0.3 is 0 Å². The molecule has 9 aromatic rings. The Labute approximate surface area is 326 Å². The lowest BCUT2D eigenvalue weighted by Crippen LogP contribution is -2.29. The Bertz CT molecular complexity index is 2950. The maximum absolute atomic E-state index is 8.01. The first kappa shape index (κ1) is 33.3. The molecule has 6 aromatic carbocycles. The minimum Gasteiger partial charge on any atom is -0.405 e. The molecule has 5 nitrogen and oxygen atoms in total. The first-order valence-corrected chi connectivity index (χ1v) is 19.0. The summed E-state index contributed by atoms with van der Waals surface area (Å²) in [5, 5.41) is 10.5. The molecule has 3 aromatic heterocycles. The highest BCUT2D eigenvalue weighted by Crippen LogP contribution is 2.58. The van der Waals surface area contributed by atoms with E-state index in [0.717, 1.165) is 50.7 Å². The molecule has 1 aliphatic rings. The second-order valence-corrected chi connectivity index (χ2v) is 14.5. The van der Waals surface area contributed by atoms with E-state index in [2.05, 4.69) is 181 Å². The second kappa shape index (κ2) is 13.0. The molecule has 0 fully saturated rings. The number of rotatable bonds is 7. The largest absolute Gasteiger partial charge is 0.405 e. The Morgan fingerprint density at radius 2 is 1.18 bits per heavy atom. The van der Waals surface area contributed by atoms with Crippen LogP contribution in [0.1, 0.15) is 44.9 Å². The Morgan fingerprint density at radius 1 is 0.589 bits per heavy atom. The Kier molecular flexibility index (Phi) is 7.72. The van der Waals surface area contributed by atoms with Crippen LogP contribution in [0.25, 0.3) is 61.5 Å². The first-order valence-electron chi connectivity index (χ1n) is 19.0. The van der Waals surface area contributed by atoms with Crippen molar-refractivity contribution >= 4 is 34.1 Å². The number of nitrogens with zero attached hydrogens (tertiary/aromatic N) is 3. The molecule has 1 aliphatic carbocycles. The fourth-order valence-corrected chi connectivity index (χ4v) is 9.46. The van der Waals surface area contributed by atoms with Crippen LogP contribution < -0.4 is 5.73 Å². The fraction of sp³-hybridized carbons (Fsp3) is 0.0588. The van der Waals surface area contributed by atoms with Crippen molar-refractivity contribution < 1.29 is 0 Å². The van der Waals surface area contributed by atoms with Crippen LogP contribution in [0.2, 0.25) is 0 Å². The molecule has 0 bridgehead atoms. The highest BCUT2D eigenvalue weighted by Gasteiger charge is 2.48. The summed E-state index contributed by atoms with van der Waals surface area (Å²) in [4.78, 5) is 5.19. The molecule has 56 heavy (non-hydrogen) atoms. The number of fused-ring (bicyclic) bond motifs is 7. The zero-order valence-corrected chi connectivity index (χ0v) is 31.2. The van der Waals surface area contributed by atoms with E-state index in [1.807, 2.05) is 12.3 Å². The third kappa shape index (κ3) is 4.67. The van der Waals surface area contributed by atoms with Gasteiger partial charge in [-0.2, -0.15) is 0 Å². The summed E-state index contributed by atoms with van der Waals surface area (Å²) < 4.78 is 4.60. The van der Waals surface area contributed by atoms with Crippen LogP contribution in [0.3, 0.4) is 0 Å². The number of aromatic nitrogens is 3. The molecule has 3 N–H and O–H groups in total. The van der Waals surface area contributed by atoms with Gasteiger partial charge in [0.15, 0.2) is 0 Å². The summed E-state index contributed by atoms with van der Waals surface area (Å²) in [6, 6.07) is 57.0. The van der Waals surface area contributed by atoms with E-state index in [0.29, 0.717) is 0 Å². The number of para-hydroxylation sites is 1. The Hall–Kier alpha value is -7.24. The third-order valence-electron chi connectivity index (χ3n) is 11.8. The highest BCUT2D eigenvalue weighted by atomic mass is 15.0. The quantitative estimate of drug-likeness (QED) is 0.161. The molecule has 0 spiro atoms. The van der Waals surface area contributed by atoms with E-state index in [9.17, 15) is 0 Å². The minimum absolute atomic E-state index is 0.562. The van der Waals surface area contributed by atoms with Gasteiger partial charge < -0.3 is 20.3 Å². The van der Waals surface area contributed by atoms with Gasteiger partial charge in [0.2, 0.25) is 0 Å². The number of nitrogens with two attached hydrogens (primary N) is 1. The van der Waals surface area contributed by atoms with Crippen LogP contribution in [0, 0.1) is 19.3 Å². The van der Waals surface area contributed by atoms with Crippen LogP contribution in [0.5, 0.6) is 0 Å². The van der Waals surface area contributed by atoms with Crippen molar-refractivity contribution in [3.8, 4) is 33.6 Å². The maximum Gasteiger partial charge on any atom is 0.0886 e. The Morgan fingerprint density at radius 3 is 1.80 bits per heavy atom. The van der Waals surface area contributed by atoms with Gasteiger partial charge in [-0.3, -0.25) is 4.98 Å². The molecule has 0 unspecified atom stereocenters. The van der Waals surface area contributed by atoms with Gasteiger partial charge in [-0.05, 0) is 102 Å². The smallest absolute Gasteiger partial charge is 0.0886 e. The van der Waals surface area contributed by atoms with Crippen LogP contribution in [0.4, 0.5) is 0 Å². The molecule has 268 valence electrons. The van der Waals surface area contributed by atoms with Gasteiger partial charge in [-0.15, -0.1) is 0 Å². The second-order valence-electron chi connectivity index (χ2n) is 14.5. The maximum atomic E-state index is 8.01. The van der Waals surface area contributed by atoms with Gasteiger partial charge in [0.05, 0.1) is 22.1 Å². The van der Waals surface area contributed by atoms with E-state index < -0.39 is 5.41 Å². The van der Waals surface area contributed by atoms with Gasteiger partial charge in [0.25, 0.3) is 0 Å². The minimum atomic E-state index is -0.562. The van der Waals surface area contributed by atoms with Crippen molar-refractivity contribution in [3.05, 3.63) is 215 Å². The number of benzene rings is 6. The lowest BCUT2D eigenvalue weighted by molar-refractivity contribution is 0.738. The average molecular weight is 722 g/mol. The van der Waals surface area contributed by atoms with Gasteiger partial charge in [0.1, 0.15) is 0 Å². The van der Waals surface area contributed by atoms with Crippen LogP contribution in [-0.2, 0) is 5.41 Å². The molecular weight excluding hydrogens is 683 g/mol. The molecule has 5 heteroatoms. The predicted molar refractivity (Wildman–Crippen MR) is 231 cm³/mol. The molecule has 0 atom stereocenters. The van der Waals surface area contributed by atoms with Crippen molar-refractivity contribution in [1.29, 1.82) is 5.41 Å². The summed E-state index contributed by atoms with van der Waals surface area (Å²) in [7, 11) is 0. The summed E-state index contributed by atoms with van der Waals surface area (Å²) >= 11 is 0. The summed E-state index contributed by atoms with van der Waals surface area (Å²) in [5.41, 5.74) is 23.1. The van der Waals surface area contributed by atoms with Crippen molar-refractivity contribution in [2.24, 2.45) is 5.73 Å². The van der Waals surface area contributed by atoms with E-state index in [-0.39, 0.29) is 0 Å². The summed E-state index contributed by atoms with van der Waals surface area (Å²) in [6.45, 7) is 4.12. The van der Waals surface area contributed by atoms with Gasteiger partial charge in [-0.25, -0.2) is 0 Å². The molecule has 3 heterocycles. The molecule has 0 saturated heterocycles. The molecule has 0 saturated carbocycles. The molecule has 0 amide bonds. The summed E-state index contributed by atoms with van der Waals surface area (Å²) in [5.74, 6) is 0. The number of nitrogens with one attached hydrogen (secondary N) is 1. The topological polar surface area (TPSA) is 72.6 Å². The van der Waals surface area contributed by atoms with E-state index >= 15 is 0 Å². The molecule has 0 radical (unpaired) electrons. The van der Waals surface area contributed by atoms with Crippen LogP contribution >= 0.6 is 0 Å². The molecule has 0 aliphatic heterocycles. The number of pyridine rings is 1. The zero-order valence-electron chi connectivity index (χ0n) is 31.2. The van der Waals surface area contributed by atoms with E-state index in [4.69, 9.17) is 16.1 Å². The van der Waals surface area contributed by atoms with Gasteiger partial charge in [0, 0.05) is 62.6 Å². The highest BCUT2D eigenvalue weighted by molar-refractivity contribution is 6.18. The van der Waals surface area contributed by atoms with E-state index in [1.165, 1.54) is 62.0 Å². The predicted octanol–water partition coefficient (Wildman–Crippen LogP) is 11.5. The first-order chi connectivity index (χ1) is 27.6. The van der Waals surface area contributed by atoms with E-state index in [1.54, 1.807) is 0 Å². The van der Waals surface area contributed by atoms with Crippen molar-refractivity contribution in [1.82, 2.24) is 14.1 Å². The third-order valence-corrected chi connectivity index (χ3v) is 11.8. The van der Waals surface area contributed by atoms with Crippen LogP contribution in [-0.4, -0.2) is 20.3 Å². The van der Waals surface area contributed by atoms with Crippen LogP contribution in [0.15, 0.2) is 170 Å². The van der Waals surface area contributed by atoms with Crippen molar-refractivity contribution in [2.75, 3.05) is 0 Å².